The number of amides is 1. The monoisotopic (exact) mass is 306 g/mol. The number of piperidine rings is 1. The Kier molecular flexibility index (Phi) is 5.77. The lowest BCUT2D eigenvalue weighted by Crippen LogP contribution is -2.48. The van der Waals surface area contributed by atoms with Gasteiger partial charge < -0.3 is 14.4 Å². The van der Waals surface area contributed by atoms with Crippen LogP contribution in [0.2, 0.25) is 0 Å². The molecule has 1 amide bonds. The van der Waals surface area contributed by atoms with Gasteiger partial charge in [-0.15, -0.1) is 0 Å². The van der Waals surface area contributed by atoms with Gasteiger partial charge in [-0.3, -0.25) is 4.98 Å². The van der Waals surface area contributed by atoms with Gasteiger partial charge in [-0.1, -0.05) is 6.07 Å². The first-order valence-electron chi connectivity index (χ1n) is 7.92. The fourth-order valence-corrected chi connectivity index (χ4v) is 2.53. The van der Waals surface area contributed by atoms with E-state index in [4.69, 9.17) is 9.47 Å². The molecule has 1 aromatic heterocycles. The van der Waals surface area contributed by atoms with Gasteiger partial charge in [-0.05, 0) is 51.7 Å². The van der Waals surface area contributed by atoms with Gasteiger partial charge in [-0.2, -0.15) is 0 Å². The van der Waals surface area contributed by atoms with E-state index in [-0.39, 0.29) is 12.1 Å². The second kappa shape index (κ2) is 7.58. The second-order valence-corrected chi connectivity index (χ2v) is 6.70. The van der Waals surface area contributed by atoms with Crippen LogP contribution in [-0.4, -0.2) is 40.8 Å². The molecular weight excluding hydrogens is 280 g/mol. The lowest BCUT2D eigenvalue weighted by Gasteiger charge is -2.36. The highest BCUT2D eigenvalue weighted by molar-refractivity contribution is 5.68. The Morgan fingerprint density at radius 2 is 2.23 bits per heavy atom. The number of nitrogens with zero attached hydrogens (tertiary/aromatic N) is 2. The summed E-state index contributed by atoms with van der Waals surface area (Å²) in [5.74, 6) is 0. The summed E-state index contributed by atoms with van der Waals surface area (Å²) in [6.07, 6.45) is 6.42. The summed E-state index contributed by atoms with van der Waals surface area (Å²) in [6.45, 7) is 7.48. The van der Waals surface area contributed by atoms with E-state index in [9.17, 15) is 4.79 Å². The van der Waals surface area contributed by atoms with Crippen molar-refractivity contribution < 1.29 is 14.3 Å². The van der Waals surface area contributed by atoms with Crippen LogP contribution in [0.25, 0.3) is 0 Å². The van der Waals surface area contributed by atoms with Gasteiger partial charge in [0.1, 0.15) is 5.60 Å². The SMILES string of the molecule is CC(C)(C)OC(=O)N1CCCC[C@H]1COCc1cccnc1. The summed E-state index contributed by atoms with van der Waals surface area (Å²) >= 11 is 0. The molecule has 5 heteroatoms. The number of hydrogen-bond acceptors (Lipinski definition) is 4. The molecule has 2 heterocycles. The third kappa shape index (κ3) is 5.30. The predicted molar refractivity (Wildman–Crippen MR) is 84.5 cm³/mol. The molecule has 2 rings (SSSR count). The van der Waals surface area contributed by atoms with Gasteiger partial charge in [0.05, 0.1) is 19.3 Å². The van der Waals surface area contributed by atoms with Crippen molar-refractivity contribution in [1.29, 1.82) is 0 Å². The minimum atomic E-state index is -0.463. The number of likely N-dealkylation sites (tertiary alicyclic amines) is 1. The molecule has 1 fully saturated rings. The van der Waals surface area contributed by atoms with Crippen LogP contribution in [-0.2, 0) is 16.1 Å². The van der Waals surface area contributed by atoms with E-state index in [2.05, 4.69) is 4.98 Å². The third-order valence-corrected chi connectivity index (χ3v) is 3.56. The topological polar surface area (TPSA) is 51.7 Å². The lowest BCUT2D eigenvalue weighted by molar-refractivity contribution is -0.00999. The predicted octanol–water partition coefficient (Wildman–Crippen LogP) is 3.39. The minimum Gasteiger partial charge on any atom is -0.444 e. The molecule has 1 aliphatic heterocycles. The number of carbonyl (C=O) groups excluding carboxylic acids is 1. The molecule has 0 radical (unpaired) electrons. The molecule has 0 bridgehead atoms. The molecule has 0 aromatic carbocycles. The normalized spacial score (nSPS) is 19.0. The number of rotatable bonds is 4. The van der Waals surface area contributed by atoms with Crippen molar-refractivity contribution in [3.05, 3.63) is 30.1 Å². The van der Waals surface area contributed by atoms with Crippen molar-refractivity contribution in [1.82, 2.24) is 9.88 Å². The molecule has 5 nitrogen and oxygen atoms in total. The van der Waals surface area contributed by atoms with Crippen molar-refractivity contribution in [2.75, 3.05) is 13.2 Å². The summed E-state index contributed by atoms with van der Waals surface area (Å²) in [5, 5.41) is 0. The molecule has 0 aliphatic carbocycles. The lowest BCUT2D eigenvalue weighted by atomic mass is 10.0. The smallest absolute Gasteiger partial charge is 0.410 e. The molecule has 0 saturated carbocycles. The summed E-state index contributed by atoms with van der Waals surface area (Å²) < 4.78 is 11.3. The van der Waals surface area contributed by atoms with Crippen LogP contribution in [0.1, 0.15) is 45.6 Å². The fourth-order valence-electron chi connectivity index (χ4n) is 2.53. The summed E-state index contributed by atoms with van der Waals surface area (Å²) in [7, 11) is 0. The molecule has 1 aromatic rings. The average molecular weight is 306 g/mol. The van der Waals surface area contributed by atoms with Crippen LogP contribution in [0, 0.1) is 0 Å². The molecule has 0 unspecified atom stereocenters. The number of carbonyl (C=O) groups is 1. The molecule has 0 N–H and O–H groups in total. The van der Waals surface area contributed by atoms with Gasteiger partial charge in [0.15, 0.2) is 0 Å². The Morgan fingerprint density at radius 1 is 1.41 bits per heavy atom. The van der Waals surface area contributed by atoms with E-state index in [1.165, 1.54) is 0 Å². The van der Waals surface area contributed by atoms with Crippen LogP contribution in [0.4, 0.5) is 4.79 Å². The Labute approximate surface area is 132 Å². The van der Waals surface area contributed by atoms with E-state index in [1.807, 2.05) is 37.8 Å². The zero-order valence-corrected chi connectivity index (χ0v) is 13.7. The average Bonchev–Trinajstić information content (AvgIpc) is 2.47. The Bertz CT molecular complexity index is 471. The van der Waals surface area contributed by atoms with Crippen LogP contribution in [0.15, 0.2) is 24.5 Å². The van der Waals surface area contributed by atoms with Crippen LogP contribution in [0.5, 0.6) is 0 Å². The fraction of sp³-hybridized carbons (Fsp3) is 0.647. The van der Waals surface area contributed by atoms with Crippen LogP contribution >= 0.6 is 0 Å². The molecule has 22 heavy (non-hydrogen) atoms. The Hall–Kier alpha value is -1.62. The van der Waals surface area contributed by atoms with Gasteiger partial charge in [0.2, 0.25) is 0 Å². The van der Waals surface area contributed by atoms with Gasteiger partial charge >= 0.3 is 6.09 Å². The van der Waals surface area contributed by atoms with Crippen molar-refractivity contribution in [3.8, 4) is 0 Å². The van der Waals surface area contributed by atoms with Gasteiger partial charge in [-0.25, -0.2) is 4.79 Å². The first-order chi connectivity index (χ1) is 10.5. The van der Waals surface area contributed by atoms with E-state index < -0.39 is 5.60 Å². The van der Waals surface area contributed by atoms with Crippen molar-refractivity contribution in [2.45, 2.75) is 58.3 Å². The van der Waals surface area contributed by atoms with Crippen molar-refractivity contribution in [3.63, 3.8) is 0 Å². The standard InChI is InChI=1S/C17H26N2O3/c1-17(2,3)22-16(20)19-10-5-4-8-15(19)13-21-12-14-7-6-9-18-11-14/h6-7,9,11,15H,4-5,8,10,12-13H2,1-3H3/t15-/m0/s1. The maximum Gasteiger partial charge on any atom is 0.410 e. The molecule has 1 saturated heterocycles. The van der Waals surface area contributed by atoms with Gasteiger partial charge in [0, 0.05) is 18.9 Å². The highest BCUT2D eigenvalue weighted by atomic mass is 16.6. The molecule has 0 spiro atoms. The van der Waals surface area contributed by atoms with Crippen LogP contribution < -0.4 is 0 Å². The largest absolute Gasteiger partial charge is 0.444 e. The maximum absolute atomic E-state index is 12.3. The molecule has 1 atom stereocenters. The first-order valence-corrected chi connectivity index (χ1v) is 7.92. The minimum absolute atomic E-state index is 0.0975. The van der Waals surface area contributed by atoms with Crippen molar-refractivity contribution in [2.24, 2.45) is 0 Å². The van der Waals surface area contributed by atoms with Crippen molar-refractivity contribution >= 4 is 6.09 Å². The Morgan fingerprint density at radius 3 is 2.91 bits per heavy atom. The first kappa shape index (κ1) is 16.7. The highest BCUT2D eigenvalue weighted by Crippen LogP contribution is 2.21. The highest BCUT2D eigenvalue weighted by Gasteiger charge is 2.30. The second-order valence-electron chi connectivity index (χ2n) is 6.70. The molecule has 1 aliphatic rings. The zero-order valence-electron chi connectivity index (χ0n) is 13.7. The summed E-state index contributed by atoms with van der Waals surface area (Å²) in [6, 6.07) is 3.98. The summed E-state index contributed by atoms with van der Waals surface area (Å²) in [4.78, 5) is 18.2. The number of pyridine rings is 1. The quantitative estimate of drug-likeness (QED) is 0.855. The van der Waals surface area contributed by atoms with E-state index >= 15 is 0 Å². The van der Waals surface area contributed by atoms with Crippen LogP contribution in [0.3, 0.4) is 0 Å². The maximum atomic E-state index is 12.3. The molecular formula is C17H26N2O3. The van der Waals surface area contributed by atoms with E-state index in [0.29, 0.717) is 13.2 Å². The zero-order chi connectivity index (χ0) is 16.0. The summed E-state index contributed by atoms with van der Waals surface area (Å²) in [5.41, 5.74) is 0.581. The number of hydrogen-bond donors (Lipinski definition) is 0. The number of aromatic nitrogens is 1. The van der Waals surface area contributed by atoms with E-state index in [1.54, 1.807) is 12.4 Å². The van der Waals surface area contributed by atoms with Gasteiger partial charge in [0.25, 0.3) is 0 Å². The third-order valence-electron chi connectivity index (χ3n) is 3.56. The number of ether oxygens (including phenoxy) is 2. The van der Waals surface area contributed by atoms with E-state index in [0.717, 1.165) is 31.4 Å². The Balaban J connectivity index is 1.85. The molecule has 122 valence electrons.